The monoisotopic (exact) mass is 315 g/mol. The standard InChI is InChI=1S/C17H21N3O3/c1-3-7-13(10-16(21)22)19-17(23)15-11-18-20(12(15)2)14-8-5-4-6-9-14/h4-6,8-9,11,13H,3,7,10H2,1-2H3,(H,19,23)(H,21,22). The second kappa shape index (κ2) is 7.58. The minimum atomic E-state index is -0.916. The Balaban J connectivity index is 2.17. The number of hydrogen-bond acceptors (Lipinski definition) is 3. The third kappa shape index (κ3) is 4.18. The molecule has 122 valence electrons. The number of carbonyl (C=O) groups is 2. The molecule has 1 atom stereocenters. The predicted octanol–water partition coefficient (Wildman–Crippen LogP) is 2.55. The highest BCUT2D eigenvalue weighted by Gasteiger charge is 2.20. The Labute approximate surface area is 135 Å². The van der Waals surface area contributed by atoms with Crippen molar-refractivity contribution in [1.29, 1.82) is 0 Å². The number of aromatic nitrogens is 2. The Hall–Kier alpha value is -2.63. The number of para-hydroxylation sites is 1. The van der Waals surface area contributed by atoms with E-state index in [1.54, 1.807) is 4.68 Å². The van der Waals surface area contributed by atoms with Gasteiger partial charge in [-0.3, -0.25) is 9.59 Å². The van der Waals surface area contributed by atoms with Gasteiger partial charge in [0.2, 0.25) is 0 Å². The fraction of sp³-hybridized carbons (Fsp3) is 0.353. The van der Waals surface area contributed by atoms with Gasteiger partial charge in [0.25, 0.3) is 5.91 Å². The maximum Gasteiger partial charge on any atom is 0.305 e. The highest BCUT2D eigenvalue weighted by molar-refractivity contribution is 5.95. The number of carboxylic acid groups (broad SMARTS) is 1. The van der Waals surface area contributed by atoms with E-state index in [2.05, 4.69) is 10.4 Å². The van der Waals surface area contributed by atoms with E-state index in [-0.39, 0.29) is 18.4 Å². The van der Waals surface area contributed by atoms with E-state index in [0.29, 0.717) is 12.0 Å². The second-order valence-electron chi connectivity index (χ2n) is 5.45. The van der Waals surface area contributed by atoms with Gasteiger partial charge in [-0.15, -0.1) is 0 Å². The van der Waals surface area contributed by atoms with Gasteiger partial charge in [-0.2, -0.15) is 5.10 Å². The highest BCUT2D eigenvalue weighted by Crippen LogP contribution is 2.14. The van der Waals surface area contributed by atoms with Crippen LogP contribution in [0.2, 0.25) is 0 Å². The summed E-state index contributed by atoms with van der Waals surface area (Å²) in [6.07, 6.45) is 2.87. The van der Waals surface area contributed by atoms with Crippen LogP contribution in [0.3, 0.4) is 0 Å². The van der Waals surface area contributed by atoms with E-state index in [0.717, 1.165) is 17.8 Å². The first-order valence-corrected chi connectivity index (χ1v) is 7.65. The summed E-state index contributed by atoms with van der Waals surface area (Å²) >= 11 is 0. The first-order chi connectivity index (χ1) is 11.0. The lowest BCUT2D eigenvalue weighted by molar-refractivity contribution is -0.137. The molecule has 2 aromatic rings. The number of carboxylic acids is 1. The van der Waals surface area contributed by atoms with Crippen molar-refractivity contribution in [3.05, 3.63) is 47.8 Å². The molecule has 1 amide bonds. The SMILES string of the molecule is CCCC(CC(=O)O)NC(=O)c1cnn(-c2ccccc2)c1C. The molecule has 0 aliphatic carbocycles. The summed E-state index contributed by atoms with van der Waals surface area (Å²) in [6.45, 7) is 3.78. The molecule has 0 saturated carbocycles. The van der Waals surface area contributed by atoms with Gasteiger partial charge in [-0.1, -0.05) is 31.5 Å². The van der Waals surface area contributed by atoms with Crippen LogP contribution in [-0.4, -0.2) is 32.8 Å². The first kappa shape index (κ1) is 16.7. The Morgan fingerprint density at radius 1 is 1.30 bits per heavy atom. The molecule has 0 radical (unpaired) electrons. The van der Waals surface area contributed by atoms with Gasteiger partial charge in [0.1, 0.15) is 0 Å². The molecular weight excluding hydrogens is 294 g/mol. The zero-order chi connectivity index (χ0) is 16.8. The van der Waals surface area contributed by atoms with Gasteiger partial charge < -0.3 is 10.4 Å². The highest BCUT2D eigenvalue weighted by atomic mass is 16.4. The molecule has 1 heterocycles. The number of benzene rings is 1. The maximum absolute atomic E-state index is 12.4. The molecule has 23 heavy (non-hydrogen) atoms. The van der Waals surface area contributed by atoms with Crippen molar-refractivity contribution in [2.45, 2.75) is 39.2 Å². The zero-order valence-corrected chi connectivity index (χ0v) is 13.3. The minimum Gasteiger partial charge on any atom is -0.481 e. The van der Waals surface area contributed by atoms with E-state index in [4.69, 9.17) is 5.11 Å². The van der Waals surface area contributed by atoms with Crippen molar-refractivity contribution in [2.24, 2.45) is 0 Å². The minimum absolute atomic E-state index is 0.0779. The predicted molar refractivity (Wildman–Crippen MR) is 86.7 cm³/mol. The first-order valence-electron chi connectivity index (χ1n) is 7.65. The van der Waals surface area contributed by atoms with Crippen LogP contribution in [0.4, 0.5) is 0 Å². The number of nitrogens with zero attached hydrogens (tertiary/aromatic N) is 2. The fourth-order valence-corrected chi connectivity index (χ4v) is 2.51. The normalized spacial score (nSPS) is 11.9. The van der Waals surface area contributed by atoms with Crippen molar-refractivity contribution in [2.75, 3.05) is 0 Å². The molecule has 1 aromatic heterocycles. The summed E-state index contributed by atoms with van der Waals surface area (Å²) in [5.41, 5.74) is 2.05. The van der Waals surface area contributed by atoms with Gasteiger partial charge in [-0.25, -0.2) is 4.68 Å². The summed E-state index contributed by atoms with van der Waals surface area (Å²) in [4.78, 5) is 23.3. The molecule has 0 aliphatic rings. The average Bonchev–Trinajstić information content (AvgIpc) is 2.89. The molecule has 6 nitrogen and oxygen atoms in total. The molecule has 2 N–H and O–H groups in total. The maximum atomic E-state index is 12.4. The quantitative estimate of drug-likeness (QED) is 0.822. The molecule has 0 aliphatic heterocycles. The molecule has 6 heteroatoms. The summed E-state index contributed by atoms with van der Waals surface area (Å²) in [6, 6.07) is 9.17. The van der Waals surface area contributed by atoms with E-state index < -0.39 is 5.97 Å². The Bertz CT molecular complexity index is 680. The van der Waals surface area contributed by atoms with Crippen molar-refractivity contribution in [1.82, 2.24) is 15.1 Å². The van der Waals surface area contributed by atoms with Gasteiger partial charge in [-0.05, 0) is 25.5 Å². The smallest absolute Gasteiger partial charge is 0.305 e. The van der Waals surface area contributed by atoms with Crippen LogP contribution in [0.15, 0.2) is 36.5 Å². The summed E-state index contributed by atoms with van der Waals surface area (Å²) in [5.74, 6) is -1.20. The number of nitrogens with one attached hydrogen (secondary N) is 1. The van der Waals surface area contributed by atoms with Crippen LogP contribution < -0.4 is 5.32 Å². The Morgan fingerprint density at radius 2 is 2.00 bits per heavy atom. The van der Waals surface area contributed by atoms with E-state index in [1.165, 1.54) is 6.20 Å². The van der Waals surface area contributed by atoms with Crippen LogP contribution in [0.1, 0.15) is 42.2 Å². The van der Waals surface area contributed by atoms with E-state index in [1.807, 2.05) is 44.2 Å². The summed E-state index contributed by atoms with van der Waals surface area (Å²) < 4.78 is 1.70. The van der Waals surface area contributed by atoms with Crippen molar-refractivity contribution in [3.8, 4) is 5.69 Å². The van der Waals surface area contributed by atoms with Gasteiger partial charge >= 0.3 is 5.97 Å². The van der Waals surface area contributed by atoms with Gasteiger partial charge in [0.05, 0.1) is 29.6 Å². The summed E-state index contributed by atoms with van der Waals surface area (Å²) in [5, 5.41) is 16.0. The average molecular weight is 315 g/mol. The Morgan fingerprint density at radius 3 is 2.61 bits per heavy atom. The fourth-order valence-electron chi connectivity index (χ4n) is 2.51. The van der Waals surface area contributed by atoms with Crippen LogP contribution in [0, 0.1) is 6.92 Å². The zero-order valence-electron chi connectivity index (χ0n) is 13.3. The topological polar surface area (TPSA) is 84.2 Å². The van der Waals surface area contributed by atoms with Crippen LogP contribution in [0.5, 0.6) is 0 Å². The molecule has 0 fully saturated rings. The third-order valence-corrected chi connectivity index (χ3v) is 3.65. The lowest BCUT2D eigenvalue weighted by Gasteiger charge is -2.16. The number of carbonyl (C=O) groups excluding carboxylic acids is 1. The third-order valence-electron chi connectivity index (χ3n) is 3.65. The van der Waals surface area contributed by atoms with Gasteiger partial charge in [0.15, 0.2) is 0 Å². The van der Waals surface area contributed by atoms with Gasteiger partial charge in [0, 0.05) is 6.04 Å². The lowest BCUT2D eigenvalue weighted by atomic mass is 10.1. The molecule has 1 aromatic carbocycles. The van der Waals surface area contributed by atoms with Crippen LogP contribution >= 0.6 is 0 Å². The van der Waals surface area contributed by atoms with Crippen molar-refractivity contribution in [3.63, 3.8) is 0 Å². The molecule has 0 bridgehead atoms. The number of amides is 1. The van der Waals surface area contributed by atoms with Crippen LogP contribution in [0.25, 0.3) is 5.69 Å². The Kier molecular flexibility index (Phi) is 5.51. The lowest BCUT2D eigenvalue weighted by Crippen LogP contribution is -2.36. The molecule has 1 unspecified atom stereocenters. The largest absolute Gasteiger partial charge is 0.481 e. The number of aliphatic carboxylic acids is 1. The molecule has 0 spiro atoms. The van der Waals surface area contributed by atoms with Crippen LogP contribution in [-0.2, 0) is 4.79 Å². The molecule has 2 rings (SSSR count). The number of rotatable bonds is 7. The van der Waals surface area contributed by atoms with E-state index >= 15 is 0 Å². The number of hydrogen-bond donors (Lipinski definition) is 2. The van der Waals surface area contributed by atoms with E-state index in [9.17, 15) is 9.59 Å². The van der Waals surface area contributed by atoms with Crippen molar-refractivity contribution < 1.29 is 14.7 Å². The molecular formula is C17H21N3O3. The second-order valence-corrected chi connectivity index (χ2v) is 5.45. The summed E-state index contributed by atoms with van der Waals surface area (Å²) in [7, 11) is 0. The van der Waals surface area contributed by atoms with Crippen molar-refractivity contribution >= 4 is 11.9 Å². The molecule has 0 saturated heterocycles.